The van der Waals surface area contributed by atoms with Crippen LogP contribution < -0.4 is 4.90 Å². The minimum atomic E-state index is -0.254. The van der Waals surface area contributed by atoms with E-state index >= 15 is 0 Å². The number of hydrogen-bond donors (Lipinski definition) is 0. The molecule has 7 heteroatoms. The highest BCUT2D eigenvalue weighted by Gasteiger charge is 2.46. The molecule has 0 N–H and O–H groups in total. The lowest BCUT2D eigenvalue weighted by atomic mass is 9.91. The lowest BCUT2D eigenvalue weighted by molar-refractivity contribution is -0.134. The lowest BCUT2D eigenvalue weighted by Crippen LogP contribution is -2.55. The van der Waals surface area contributed by atoms with E-state index in [1.54, 1.807) is 0 Å². The number of aromatic nitrogens is 1. The summed E-state index contributed by atoms with van der Waals surface area (Å²) in [4.78, 5) is 23.3. The van der Waals surface area contributed by atoms with Gasteiger partial charge in [-0.3, -0.25) is 14.6 Å². The van der Waals surface area contributed by atoms with Gasteiger partial charge in [0, 0.05) is 62.5 Å². The Bertz CT molecular complexity index is 871. The van der Waals surface area contributed by atoms with Crippen molar-refractivity contribution in [2.75, 3.05) is 44.2 Å². The second-order valence-electron chi connectivity index (χ2n) is 12.1. The van der Waals surface area contributed by atoms with Crippen LogP contribution in [0.2, 0.25) is 0 Å². The van der Waals surface area contributed by atoms with Gasteiger partial charge in [-0.05, 0) is 71.8 Å². The van der Waals surface area contributed by atoms with Crippen LogP contribution in [0.15, 0.2) is 10.6 Å². The normalized spacial score (nSPS) is 33.8. The van der Waals surface area contributed by atoms with E-state index in [1.807, 2.05) is 11.0 Å². The average Bonchev–Trinajstić information content (AvgIpc) is 3.55. The summed E-state index contributed by atoms with van der Waals surface area (Å²) in [6.45, 7) is 17.6. The maximum Gasteiger partial charge on any atom is 0.233 e. The smallest absolute Gasteiger partial charge is 0.233 e. The van der Waals surface area contributed by atoms with Crippen LogP contribution in [0.3, 0.4) is 0 Å². The van der Waals surface area contributed by atoms with Gasteiger partial charge in [-0.2, -0.15) is 0 Å². The fraction of sp³-hybridized carbons (Fsp3) is 0.852. The number of amides is 1. The predicted molar refractivity (Wildman–Crippen MR) is 135 cm³/mol. The fourth-order valence-corrected chi connectivity index (χ4v) is 7.33. The molecule has 7 nitrogen and oxygen atoms in total. The Morgan fingerprint density at radius 3 is 2.65 bits per heavy atom. The molecule has 0 saturated carbocycles. The first-order valence-electron chi connectivity index (χ1n) is 13.8. The number of nitrogens with zero attached hydrogens (tertiary/aromatic N) is 5. The minimum Gasteiger partial charge on any atom is -0.358 e. The largest absolute Gasteiger partial charge is 0.358 e. The summed E-state index contributed by atoms with van der Waals surface area (Å²) < 4.78 is 5.84. The van der Waals surface area contributed by atoms with E-state index in [0.717, 1.165) is 56.6 Å². The van der Waals surface area contributed by atoms with E-state index < -0.39 is 0 Å². The molecule has 0 aromatic carbocycles. The molecule has 4 saturated heterocycles. The second-order valence-corrected chi connectivity index (χ2v) is 12.1. The van der Waals surface area contributed by atoms with Gasteiger partial charge < -0.3 is 14.3 Å². The molecule has 1 aromatic heterocycles. The van der Waals surface area contributed by atoms with Gasteiger partial charge >= 0.3 is 0 Å². The van der Waals surface area contributed by atoms with Gasteiger partial charge in [0.15, 0.2) is 11.6 Å². The molecule has 4 unspecified atom stereocenters. The molecule has 34 heavy (non-hydrogen) atoms. The Morgan fingerprint density at radius 1 is 1.12 bits per heavy atom. The predicted octanol–water partition coefficient (Wildman–Crippen LogP) is 3.95. The molecule has 4 aliphatic rings. The Morgan fingerprint density at radius 2 is 1.94 bits per heavy atom. The van der Waals surface area contributed by atoms with Crippen molar-refractivity contribution >= 4 is 11.7 Å². The van der Waals surface area contributed by atoms with Gasteiger partial charge in [-0.15, -0.1) is 0 Å². The molecular weight excluding hydrogens is 426 g/mol. The maximum atomic E-state index is 13.4. The number of fused-ring (bicyclic) bond motifs is 1. The van der Waals surface area contributed by atoms with Crippen molar-refractivity contribution in [3.05, 3.63) is 11.8 Å². The Kier molecular flexibility index (Phi) is 6.70. The molecule has 0 spiro atoms. The van der Waals surface area contributed by atoms with Gasteiger partial charge in [0.1, 0.15) is 5.92 Å². The SMILES string of the molecule is CC(C)C(C(=O)N1CCCC1C)c1cc(N2CCN(CC3CC[C@]4(C)CCCN34)CC2C)no1. The van der Waals surface area contributed by atoms with Crippen LogP contribution >= 0.6 is 0 Å². The Hall–Kier alpha value is -1.60. The molecule has 0 aliphatic carbocycles. The first-order valence-corrected chi connectivity index (χ1v) is 13.8. The summed E-state index contributed by atoms with van der Waals surface area (Å²) in [5.41, 5.74) is 0.465. The highest BCUT2D eigenvalue weighted by molar-refractivity contribution is 5.84. The van der Waals surface area contributed by atoms with E-state index in [2.05, 4.69) is 54.5 Å². The molecule has 190 valence electrons. The highest BCUT2D eigenvalue weighted by Crippen LogP contribution is 2.42. The summed E-state index contributed by atoms with van der Waals surface area (Å²) in [6, 6.07) is 3.46. The third-order valence-corrected chi connectivity index (χ3v) is 9.33. The summed E-state index contributed by atoms with van der Waals surface area (Å²) in [5.74, 6) is 1.74. The van der Waals surface area contributed by atoms with Crippen LogP contribution in [0, 0.1) is 5.92 Å². The van der Waals surface area contributed by atoms with Gasteiger partial charge in [0.2, 0.25) is 5.91 Å². The number of rotatable bonds is 6. The van der Waals surface area contributed by atoms with Crippen molar-refractivity contribution in [1.29, 1.82) is 0 Å². The van der Waals surface area contributed by atoms with E-state index in [0.29, 0.717) is 17.6 Å². The topological polar surface area (TPSA) is 56.1 Å². The summed E-state index contributed by atoms with van der Waals surface area (Å²) in [5, 5.41) is 4.46. The minimum absolute atomic E-state index is 0.179. The molecule has 5 atom stereocenters. The van der Waals surface area contributed by atoms with Crippen LogP contribution in [0.4, 0.5) is 5.82 Å². The van der Waals surface area contributed by atoms with Gasteiger partial charge in [-0.25, -0.2) is 0 Å². The van der Waals surface area contributed by atoms with Crippen molar-refractivity contribution in [2.45, 2.75) is 103 Å². The fourth-order valence-electron chi connectivity index (χ4n) is 7.33. The second kappa shape index (κ2) is 9.45. The third kappa shape index (κ3) is 4.39. The van der Waals surface area contributed by atoms with E-state index in [4.69, 9.17) is 4.52 Å². The summed E-state index contributed by atoms with van der Waals surface area (Å²) >= 11 is 0. The van der Waals surface area contributed by atoms with Crippen molar-refractivity contribution in [3.8, 4) is 0 Å². The summed E-state index contributed by atoms with van der Waals surface area (Å²) in [6.07, 6.45) is 7.64. The van der Waals surface area contributed by atoms with Gasteiger partial charge in [-0.1, -0.05) is 19.0 Å². The Labute approximate surface area is 205 Å². The zero-order valence-corrected chi connectivity index (χ0v) is 22.0. The standard InChI is InChI=1S/C27H45N5O2/c1-19(2)25(26(33)31-12-6-8-20(31)3)23-16-24(28-34-23)30-15-14-29(17-21(30)4)18-22-9-11-27(5)10-7-13-32(22)27/h16,19-22,25H,6-15,17-18H2,1-5H3/t20?,21?,22?,25?,27-/m0/s1. The Balaban J connectivity index is 1.22. The molecule has 5 heterocycles. The average molecular weight is 472 g/mol. The highest BCUT2D eigenvalue weighted by atomic mass is 16.5. The quantitative estimate of drug-likeness (QED) is 0.626. The monoisotopic (exact) mass is 471 g/mol. The van der Waals surface area contributed by atoms with Crippen LogP contribution in [-0.2, 0) is 4.79 Å². The zero-order chi connectivity index (χ0) is 24.0. The van der Waals surface area contributed by atoms with E-state index in [-0.39, 0.29) is 17.7 Å². The van der Waals surface area contributed by atoms with Crippen molar-refractivity contribution in [1.82, 2.24) is 19.9 Å². The first kappa shape index (κ1) is 24.1. The van der Waals surface area contributed by atoms with Crippen LogP contribution in [0.1, 0.15) is 84.8 Å². The number of carbonyl (C=O) groups excluding carboxylic acids is 1. The molecular formula is C27H45N5O2. The molecule has 0 radical (unpaired) electrons. The van der Waals surface area contributed by atoms with Crippen molar-refractivity contribution in [3.63, 3.8) is 0 Å². The van der Waals surface area contributed by atoms with E-state index in [1.165, 1.54) is 38.8 Å². The van der Waals surface area contributed by atoms with Crippen LogP contribution in [0.25, 0.3) is 0 Å². The van der Waals surface area contributed by atoms with E-state index in [9.17, 15) is 4.79 Å². The van der Waals surface area contributed by atoms with Crippen LogP contribution in [-0.4, -0.2) is 88.7 Å². The molecule has 5 rings (SSSR count). The maximum absolute atomic E-state index is 13.4. The third-order valence-electron chi connectivity index (χ3n) is 9.33. The number of carbonyl (C=O) groups is 1. The number of hydrogen-bond acceptors (Lipinski definition) is 6. The molecule has 1 aromatic rings. The summed E-state index contributed by atoms with van der Waals surface area (Å²) in [7, 11) is 0. The molecule has 4 fully saturated rings. The zero-order valence-electron chi connectivity index (χ0n) is 22.0. The van der Waals surface area contributed by atoms with Crippen molar-refractivity contribution in [2.24, 2.45) is 5.92 Å². The molecule has 4 aliphatic heterocycles. The molecule has 1 amide bonds. The van der Waals surface area contributed by atoms with Gasteiger partial charge in [0.25, 0.3) is 0 Å². The number of likely N-dealkylation sites (tertiary alicyclic amines) is 1. The number of piperazine rings is 1. The van der Waals surface area contributed by atoms with Crippen LogP contribution in [0.5, 0.6) is 0 Å². The first-order chi connectivity index (χ1) is 16.3. The number of anilines is 1. The molecule has 0 bridgehead atoms. The van der Waals surface area contributed by atoms with Gasteiger partial charge in [0.05, 0.1) is 0 Å². The van der Waals surface area contributed by atoms with Crippen molar-refractivity contribution < 1.29 is 9.32 Å². The lowest BCUT2D eigenvalue weighted by Gasteiger charge is -2.42.